The molecule has 0 aliphatic heterocycles. The highest BCUT2D eigenvalue weighted by Gasteiger charge is 2.32. The van der Waals surface area contributed by atoms with Crippen LogP contribution in [0.4, 0.5) is 13.2 Å². The Labute approximate surface area is 137 Å². The van der Waals surface area contributed by atoms with Gasteiger partial charge in [-0.2, -0.15) is 18.3 Å². The van der Waals surface area contributed by atoms with E-state index in [1.807, 2.05) is 0 Å². The van der Waals surface area contributed by atoms with Gasteiger partial charge in [0.25, 0.3) is 5.91 Å². The first kappa shape index (κ1) is 17.7. The largest absolute Gasteiger partial charge is 0.417 e. The van der Waals surface area contributed by atoms with E-state index in [9.17, 15) is 18.0 Å². The highest BCUT2D eigenvalue weighted by atomic mass is 19.4. The van der Waals surface area contributed by atoms with Crippen molar-refractivity contribution in [3.05, 3.63) is 71.3 Å². The van der Waals surface area contributed by atoms with Crippen molar-refractivity contribution in [1.82, 2.24) is 5.43 Å². The number of carbonyl (C=O) groups is 1. The number of benzene rings is 2. The number of alkyl halides is 3. The molecule has 24 heavy (non-hydrogen) atoms. The van der Waals surface area contributed by atoms with Gasteiger partial charge >= 0.3 is 6.18 Å². The quantitative estimate of drug-likeness (QED) is 0.671. The number of nitrogens with one attached hydrogen (secondary N) is 1. The summed E-state index contributed by atoms with van der Waals surface area (Å²) in [5, 5.41) is 3.61. The van der Waals surface area contributed by atoms with Gasteiger partial charge in [0.05, 0.1) is 11.8 Å². The maximum absolute atomic E-state index is 12.9. The van der Waals surface area contributed by atoms with Crippen LogP contribution in [0.1, 0.15) is 22.8 Å². The number of ether oxygens (including phenoxy) is 1. The molecule has 2 rings (SSSR count). The zero-order chi connectivity index (χ0) is 17.6. The normalized spacial score (nSPS) is 13.0. The first-order valence-electron chi connectivity index (χ1n) is 7.00. The van der Waals surface area contributed by atoms with Crippen molar-refractivity contribution in [2.45, 2.75) is 12.3 Å². The summed E-state index contributed by atoms with van der Waals surface area (Å²) < 4.78 is 43.7. The van der Waals surface area contributed by atoms with Crippen molar-refractivity contribution < 1.29 is 22.7 Å². The van der Waals surface area contributed by atoms with E-state index < -0.39 is 23.8 Å². The van der Waals surface area contributed by atoms with Crippen LogP contribution in [0.5, 0.6) is 0 Å². The second-order valence-corrected chi connectivity index (χ2v) is 4.85. The molecule has 1 N–H and O–H groups in total. The maximum Gasteiger partial charge on any atom is 0.417 e. The molecule has 0 spiro atoms. The summed E-state index contributed by atoms with van der Waals surface area (Å²) >= 11 is 0. The molecule has 0 aliphatic carbocycles. The second kappa shape index (κ2) is 7.74. The van der Waals surface area contributed by atoms with Gasteiger partial charge < -0.3 is 4.74 Å². The average molecular weight is 336 g/mol. The van der Waals surface area contributed by atoms with Crippen LogP contribution in [0.3, 0.4) is 0 Å². The van der Waals surface area contributed by atoms with Crippen LogP contribution in [-0.2, 0) is 15.7 Å². The van der Waals surface area contributed by atoms with Gasteiger partial charge in [0.1, 0.15) is 0 Å². The third-order valence-corrected chi connectivity index (χ3v) is 3.22. The fourth-order valence-corrected chi connectivity index (χ4v) is 2.11. The Morgan fingerprint density at radius 1 is 1.12 bits per heavy atom. The topological polar surface area (TPSA) is 50.7 Å². The Morgan fingerprint density at radius 2 is 1.75 bits per heavy atom. The van der Waals surface area contributed by atoms with Gasteiger partial charge in [-0.1, -0.05) is 48.5 Å². The molecule has 0 fully saturated rings. The summed E-state index contributed by atoms with van der Waals surface area (Å²) in [6, 6.07) is 13.7. The number of carbonyl (C=O) groups excluding carboxylic acids is 1. The van der Waals surface area contributed by atoms with Gasteiger partial charge in [-0.15, -0.1) is 0 Å². The van der Waals surface area contributed by atoms with Crippen LogP contribution in [0.25, 0.3) is 0 Å². The Balaban J connectivity index is 2.10. The van der Waals surface area contributed by atoms with Crippen LogP contribution < -0.4 is 5.43 Å². The molecule has 0 radical (unpaired) electrons. The number of methoxy groups -OCH3 is 1. The number of rotatable bonds is 5. The minimum atomic E-state index is -4.49. The molecule has 7 heteroatoms. The zero-order valence-electron chi connectivity index (χ0n) is 12.7. The molecule has 0 aliphatic rings. The predicted octanol–water partition coefficient (Wildman–Crippen LogP) is 3.54. The lowest BCUT2D eigenvalue weighted by atomic mass is 10.1. The fourth-order valence-electron chi connectivity index (χ4n) is 2.11. The molecule has 0 saturated carbocycles. The van der Waals surface area contributed by atoms with Gasteiger partial charge in [-0.3, -0.25) is 4.79 Å². The zero-order valence-corrected chi connectivity index (χ0v) is 12.7. The molecule has 4 nitrogen and oxygen atoms in total. The summed E-state index contributed by atoms with van der Waals surface area (Å²) in [5.74, 6) is -0.579. The minimum Gasteiger partial charge on any atom is -0.367 e. The number of amides is 1. The maximum atomic E-state index is 12.9. The lowest BCUT2D eigenvalue weighted by Gasteiger charge is -2.13. The third kappa shape index (κ3) is 4.42. The lowest BCUT2D eigenvalue weighted by molar-refractivity contribution is -0.137. The summed E-state index contributed by atoms with van der Waals surface area (Å²) in [6.45, 7) is 0. The summed E-state index contributed by atoms with van der Waals surface area (Å²) in [7, 11) is 1.36. The summed E-state index contributed by atoms with van der Waals surface area (Å²) in [6.07, 6.45) is -4.44. The van der Waals surface area contributed by atoms with E-state index in [0.29, 0.717) is 5.56 Å². The SMILES string of the molecule is COC(C(=O)N/N=C/c1ccccc1C(F)(F)F)c1ccccc1. The Kier molecular flexibility index (Phi) is 5.70. The molecule has 0 bridgehead atoms. The van der Waals surface area contributed by atoms with Crippen molar-refractivity contribution in [1.29, 1.82) is 0 Å². The third-order valence-electron chi connectivity index (χ3n) is 3.22. The fraction of sp³-hybridized carbons (Fsp3) is 0.176. The first-order valence-corrected chi connectivity index (χ1v) is 7.00. The molecule has 1 atom stereocenters. The molecular formula is C17H15F3N2O2. The Morgan fingerprint density at radius 3 is 2.38 bits per heavy atom. The van der Waals surface area contributed by atoms with Crippen LogP contribution in [-0.4, -0.2) is 19.2 Å². The van der Waals surface area contributed by atoms with Crippen molar-refractivity contribution in [3.63, 3.8) is 0 Å². The summed E-state index contributed by atoms with van der Waals surface area (Å²) in [4.78, 5) is 12.1. The van der Waals surface area contributed by atoms with Crippen molar-refractivity contribution >= 4 is 12.1 Å². The van der Waals surface area contributed by atoms with Gasteiger partial charge in [0, 0.05) is 12.7 Å². The van der Waals surface area contributed by atoms with Gasteiger partial charge in [-0.25, -0.2) is 5.43 Å². The van der Waals surface area contributed by atoms with Crippen LogP contribution >= 0.6 is 0 Å². The van der Waals surface area contributed by atoms with Crippen LogP contribution in [0.2, 0.25) is 0 Å². The molecule has 0 aromatic heterocycles. The van der Waals surface area contributed by atoms with E-state index in [4.69, 9.17) is 4.74 Å². The number of halogens is 3. The molecule has 2 aromatic rings. The number of hydrazone groups is 1. The van der Waals surface area contributed by atoms with E-state index in [-0.39, 0.29) is 5.56 Å². The standard InChI is InChI=1S/C17H15F3N2O2/c1-24-15(12-7-3-2-4-8-12)16(23)22-21-11-13-9-5-6-10-14(13)17(18,19)20/h2-11,15H,1H3,(H,22,23)/b21-11+. The van der Waals surface area contributed by atoms with E-state index >= 15 is 0 Å². The van der Waals surface area contributed by atoms with Gasteiger partial charge in [0.2, 0.25) is 0 Å². The smallest absolute Gasteiger partial charge is 0.367 e. The summed E-state index contributed by atoms with van der Waals surface area (Å²) in [5.41, 5.74) is 1.85. The van der Waals surface area contributed by atoms with Gasteiger partial charge in [0.15, 0.2) is 6.10 Å². The molecule has 0 saturated heterocycles. The van der Waals surface area contributed by atoms with E-state index in [1.165, 1.54) is 25.3 Å². The van der Waals surface area contributed by atoms with E-state index in [1.54, 1.807) is 30.3 Å². The first-order chi connectivity index (χ1) is 11.4. The van der Waals surface area contributed by atoms with Crippen molar-refractivity contribution in [2.75, 3.05) is 7.11 Å². The molecule has 126 valence electrons. The number of hydrogen-bond acceptors (Lipinski definition) is 3. The van der Waals surface area contributed by atoms with E-state index in [0.717, 1.165) is 12.3 Å². The Bertz CT molecular complexity index is 715. The van der Waals surface area contributed by atoms with Crippen molar-refractivity contribution in [2.24, 2.45) is 5.10 Å². The Hall–Kier alpha value is -2.67. The second-order valence-electron chi connectivity index (χ2n) is 4.85. The highest BCUT2D eigenvalue weighted by molar-refractivity contribution is 5.86. The average Bonchev–Trinajstić information content (AvgIpc) is 2.56. The van der Waals surface area contributed by atoms with Gasteiger partial charge in [-0.05, 0) is 11.6 Å². The monoisotopic (exact) mass is 336 g/mol. The predicted molar refractivity (Wildman–Crippen MR) is 83.4 cm³/mol. The number of hydrogen-bond donors (Lipinski definition) is 1. The molecule has 0 heterocycles. The molecular weight excluding hydrogens is 321 g/mol. The van der Waals surface area contributed by atoms with E-state index in [2.05, 4.69) is 10.5 Å². The highest BCUT2D eigenvalue weighted by Crippen LogP contribution is 2.31. The lowest BCUT2D eigenvalue weighted by Crippen LogP contribution is -2.26. The van der Waals surface area contributed by atoms with Crippen molar-refractivity contribution in [3.8, 4) is 0 Å². The molecule has 1 unspecified atom stereocenters. The number of nitrogens with zero attached hydrogens (tertiary/aromatic N) is 1. The molecule has 1 amide bonds. The van der Waals surface area contributed by atoms with Crippen LogP contribution in [0, 0.1) is 0 Å². The van der Waals surface area contributed by atoms with Crippen LogP contribution in [0.15, 0.2) is 59.7 Å². The minimum absolute atomic E-state index is 0.140. The molecule has 2 aromatic carbocycles.